The minimum Gasteiger partial charge on any atom is -0.511 e. The zero-order valence-corrected chi connectivity index (χ0v) is 23.2. The van der Waals surface area contributed by atoms with Crippen molar-refractivity contribution >= 4 is 43.2 Å². The van der Waals surface area contributed by atoms with E-state index in [1.165, 1.54) is 24.3 Å². The number of aliphatic hydroxyl groups is 1. The van der Waals surface area contributed by atoms with Crippen molar-refractivity contribution in [3.63, 3.8) is 0 Å². The fourth-order valence-corrected chi connectivity index (χ4v) is 11.7. The number of carbonyl (C=O) groups excluding carboxylic acids is 1. The number of hydrogen-bond acceptors (Lipinski definition) is 7. The van der Waals surface area contributed by atoms with Gasteiger partial charge in [0.15, 0.2) is 5.84 Å². The number of halogens is 1. The molecule has 0 spiro atoms. The zero-order valence-electron chi connectivity index (χ0n) is 21.6. The molecule has 2 aromatic carbocycles. The number of aliphatic hydroxyl groups excluding tert-OH is 1. The molecule has 2 aliphatic heterocycles. The van der Waals surface area contributed by atoms with Gasteiger partial charge < -0.3 is 15.3 Å². The maximum atomic E-state index is 14.2. The van der Waals surface area contributed by atoms with E-state index in [4.69, 9.17) is 0 Å². The smallest absolute Gasteiger partial charge is 0.286 e. The lowest BCUT2D eigenvalue weighted by molar-refractivity contribution is -0.481. The molecule has 3 N–H and O–H groups in total. The van der Waals surface area contributed by atoms with E-state index in [0.717, 1.165) is 29.7 Å². The normalized spacial score (nSPS) is 39.5. The number of sulfonamides is 2. The van der Waals surface area contributed by atoms with Gasteiger partial charge in [0.2, 0.25) is 10.0 Å². The first kappa shape index (κ1) is 24.2. The molecule has 8 aliphatic rings. The number of hydrogen-bond donors (Lipinski definition) is 3. The van der Waals surface area contributed by atoms with Crippen molar-refractivity contribution in [2.75, 3.05) is 16.3 Å². The monoisotopic (exact) mass is 596 g/mol. The van der Waals surface area contributed by atoms with Crippen molar-refractivity contribution < 1.29 is 31.1 Å². The number of anilines is 2. The predicted molar refractivity (Wildman–Crippen MR) is 145 cm³/mol. The van der Waals surface area contributed by atoms with E-state index in [2.05, 4.69) is 14.4 Å². The van der Waals surface area contributed by atoms with Gasteiger partial charge in [-0.25, -0.2) is 12.8 Å². The van der Waals surface area contributed by atoms with E-state index in [9.17, 15) is 31.1 Å². The Morgan fingerprint density at radius 3 is 2.29 bits per heavy atom. The van der Waals surface area contributed by atoms with Crippen molar-refractivity contribution in [3.8, 4) is 0 Å². The summed E-state index contributed by atoms with van der Waals surface area (Å²) in [5.74, 6) is 2.80. The van der Waals surface area contributed by atoms with Gasteiger partial charge in [-0.15, -0.1) is 4.40 Å². The third-order valence-corrected chi connectivity index (χ3v) is 12.9. The number of nitrogens with zero attached hydrogens (tertiary/aromatic N) is 2. The summed E-state index contributed by atoms with van der Waals surface area (Å²) in [5, 5.41) is 14.7. The summed E-state index contributed by atoms with van der Waals surface area (Å²) in [6, 6.07) is 9.74. The summed E-state index contributed by atoms with van der Waals surface area (Å²) >= 11 is 0. The summed E-state index contributed by atoms with van der Waals surface area (Å²) in [6.07, 6.45) is 0.955. The largest absolute Gasteiger partial charge is 0.511 e. The second-order valence-corrected chi connectivity index (χ2v) is 15.9. The van der Waals surface area contributed by atoms with Crippen LogP contribution in [-0.2, 0) is 31.4 Å². The van der Waals surface area contributed by atoms with E-state index in [1.54, 1.807) is 17.0 Å². The molecule has 6 atom stereocenters. The Kier molecular flexibility index (Phi) is 4.30. The van der Waals surface area contributed by atoms with E-state index >= 15 is 0 Å². The molecule has 4 unspecified atom stereocenters. The van der Waals surface area contributed by atoms with Crippen LogP contribution in [0.3, 0.4) is 0 Å². The van der Waals surface area contributed by atoms with Crippen LogP contribution in [0.15, 0.2) is 63.1 Å². The summed E-state index contributed by atoms with van der Waals surface area (Å²) in [7, 11) is -8.00. The average molecular weight is 597 g/mol. The minimum absolute atomic E-state index is 0.0535. The molecule has 6 saturated carbocycles. The van der Waals surface area contributed by atoms with E-state index < -0.39 is 26.0 Å². The van der Waals surface area contributed by atoms with E-state index in [1.807, 2.05) is 0 Å². The lowest BCUT2D eigenvalue weighted by Gasteiger charge is -2.95. The molecule has 6 aliphatic carbocycles. The third kappa shape index (κ3) is 2.86. The lowest BCUT2D eigenvalue weighted by Crippen LogP contribution is -2.94. The van der Waals surface area contributed by atoms with Gasteiger partial charge in [0.1, 0.15) is 22.0 Å². The molecule has 10 nitrogen and oxygen atoms in total. The average Bonchev–Trinajstić information content (AvgIpc) is 2.87. The molecule has 2 bridgehead atoms. The van der Waals surface area contributed by atoms with Gasteiger partial charge in [-0.2, -0.15) is 8.42 Å². The van der Waals surface area contributed by atoms with Gasteiger partial charge in [-0.05, 0) is 83.2 Å². The molecule has 6 fully saturated rings. The molecular weight excluding hydrogens is 571 g/mol. The Morgan fingerprint density at radius 1 is 1.00 bits per heavy atom. The summed E-state index contributed by atoms with van der Waals surface area (Å²) in [6.45, 7) is 0.209. The maximum Gasteiger partial charge on any atom is 0.286 e. The van der Waals surface area contributed by atoms with Crippen molar-refractivity contribution in [2.24, 2.45) is 57.7 Å². The molecule has 0 saturated heterocycles. The Morgan fingerprint density at radius 2 is 1.63 bits per heavy atom. The standard InChI is InChI=1S/C28H25FN4O6S2/c1-40(36,37)31-12-6-7-13-14(8-12)41(38,39)32-27(30-13)24-26(34)23-21-17-15-16-19(17)22(20(16)18(15)21)25(23)33(28(24)35)9-10-2-4-11(29)5-3-10/h2-8,15-23,25,31,34H,9H2,1H3,(H,30,32)/t15?,16?,17?,18?,19?,20?,21?,22?,23-,25+/m1/s1. The molecule has 212 valence electrons. The van der Waals surface area contributed by atoms with Gasteiger partial charge in [-0.3, -0.25) is 9.52 Å². The Balaban J connectivity index is 1.14. The topological polar surface area (TPSA) is 145 Å². The van der Waals surface area contributed by atoms with Crippen molar-refractivity contribution in [2.45, 2.75) is 17.5 Å². The van der Waals surface area contributed by atoms with Crippen LogP contribution in [0.25, 0.3) is 0 Å². The Bertz CT molecular complexity index is 1870. The highest BCUT2D eigenvalue weighted by Gasteiger charge is 2.92. The first-order chi connectivity index (χ1) is 19.4. The van der Waals surface area contributed by atoms with Crippen molar-refractivity contribution in [1.82, 2.24) is 4.90 Å². The van der Waals surface area contributed by atoms with Gasteiger partial charge in [0.05, 0.1) is 11.9 Å². The lowest BCUT2D eigenvalue weighted by atomic mass is 9.10. The zero-order chi connectivity index (χ0) is 28.3. The summed E-state index contributed by atoms with van der Waals surface area (Å²) in [5.41, 5.74) is 0.758. The first-order valence-corrected chi connectivity index (χ1v) is 17.0. The van der Waals surface area contributed by atoms with Gasteiger partial charge in [-0.1, -0.05) is 12.1 Å². The van der Waals surface area contributed by atoms with Crippen LogP contribution in [0.2, 0.25) is 0 Å². The van der Waals surface area contributed by atoms with Crippen LogP contribution in [0.5, 0.6) is 0 Å². The van der Waals surface area contributed by atoms with E-state index in [-0.39, 0.29) is 63.7 Å². The summed E-state index contributed by atoms with van der Waals surface area (Å²) in [4.78, 5) is 15.7. The minimum atomic E-state index is -4.35. The number of benzene rings is 2. The molecule has 1 amide bonds. The molecule has 13 heteroatoms. The van der Waals surface area contributed by atoms with Crippen LogP contribution >= 0.6 is 0 Å². The predicted octanol–water partition coefficient (Wildman–Crippen LogP) is 2.55. The molecule has 41 heavy (non-hydrogen) atoms. The van der Waals surface area contributed by atoms with Crippen LogP contribution in [0.4, 0.5) is 15.8 Å². The highest BCUT2D eigenvalue weighted by atomic mass is 32.2. The van der Waals surface area contributed by atoms with Crippen LogP contribution in [-0.4, -0.2) is 50.9 Å². The number of carbonyl (C=O) groups is 1. The number of rotatable bonds is 5. The SMILES string of the molecule is CS(=O)(=O)Nc1ccc2c(c1)S(=O)(=O)N=C(C1=C(O)[C@@H]3C4C5C6C7C5C(C7C64)[C@@H]3N(Cc3ccc(F)cc3)C1=O)N2. The van der Waals surface area contributed by atoms with Crippen LogP contribution in [0, 0.1) is 59.1 Å². The highest BCUT2D eigenvalue weighted by molar-refractivity contribution is 7.92. The Labute approximate surface area is 235 Å². The van der Waals surface area contributed by atoms with Gasteiger partial charge in [0, 0.05) is 24.2 Å². The number of fused-ring (bicyclic) bond motifs is 1. The fraction of sp³-hybridized carbons (Fsp3) is 0.429. The molecule has 2 aromatic rings. The summed E-state index contributed by atoms with van der Waals surface area (Å²) < 4.78 is 69.8. The second kappa shape index (κ2) is 7.30. The third-order valence-electron chi connectivity index (χ3n) is 11.0. The second-order valence-electron chi connectivity index (χ2n) is 12.6. The fourth-order valence-electron chi connectivity index (χ4n) is 9.98. The first-order valence-electron chi connectivity index (χ1n) is 13.7. The molecule has 2 heterocycles. The quantitative estimate of drug-likeness (QED) is 0.481. The molecule has 0 radical (unpaired) electrons. The number of nitrogens with one attached hydrogen (secondary N) is 2. The number of amides is 1. The van der Waals surface area contributed by atoms with Gasteiger partial charge in [0.25, 0.3) is 15.9 Å². The van der Waals surface area contributed by atoms with Gasteiger partial charge >= 0.3 is 0 Å². The number of amidine groups is 1. The van der Waals surface area contributed by atoms with E-state index in [0.29, 0.717) is 29.6 Å². The highest BCUT2D eigenvalue weighted by Crippen LogP contribution is 2.93. The van der Waals surface area contributed by atoms with Crippen molar-refractivity contribution in [3.05, 3.63) is 65.2 Å². The molecule has 10 rings (SSSR count). The molecular formula is C28H25FN4O6S2. The van der Waals surface area contributed by atoms with Crippen molar-refractivity contribution in [1.29, 1.82) is 0 Å². The maximum absolute atomic E-state index is 14.2. The van der Waals surface area contributed by atoms with Crippen LogP contribution in [0.1, 0.15) is 5.56 Å². The Hall–Kier alpha value is -3.45. The molecule has 0 aromatic heterocycles. The van der Waals surface area contributed by atoms with Crippen LogP contribution < -0.4 is 10.0 Å².